The molecule has 0 aliphatic carbocycles. The van der Waals surface area contributed by atoms with E-state index in [1.807, 2.05) is 19.1 Å². The smallest absolute Gasteiger partial charge is 0.265 e. The number of rotatable bonds is 5. The number of nitrogens with one attached hydrogen (secondary N) is 1. The minimum atomic E-state index is -3.70. The number of benzene rings is 2. The van der Waals surface area contributed by atoms with Crippen LogP contribution in [-0.4, -0.2) is 15.5 Å². The highest BCUT2D eigenvalue weighted by atomic mass is 79.9. The molecule has 0 atom stereocenters. The predicted octanol–water partition coefficient (Wildman–Crippen LogP) is 3.82. The van der Waals surface area contributed by atoms with E-state index in [1.54, 1.807) is 24.3 Å². The van der Waals surface area contributed by atoms with Crippen molar-refractivity contribution in [2.75, 3.05) is 11.8 Å². The zero-order chi connectivity index (χ0) is 15.5. The first-order chi connectivity index (χ1) is 9.96. The molecule has 1 N–H and O–H groups in total. The van der Waals surface area contributed by atoms with Gasteiger partial charge >= 0.3 is 0 Å². The Morgan fingerprint density at radius 2 is 1.81 bits per heavy atom. The summed E-state index contributed by atoms with van der Waals surface area (Å²) < 4.78 is 33.3. The van der Waals surface area contributed by atoms with Crippen molar-refractivity contribution >= 4 is 31.6 Å². The molecule has 0 fully saturated rings. The van der Waals surface area contributed by atoms with Crippen LogP contribution in [0.3, 0.4) is 0 Å². The van der Waals surface area contributed by atoms with Crippen LogP contribution in [0.2, 0.25) is 0 Å². The third-order valence-corrected chi connectivity index (χ3v) is 4.93. The van der Waals surface area contributed by atoms with E-state index in [2.05, 4.69) is 20.7 Å². The molecular formula is C15H16BrNO3S. The maximum absolute atomic E-state index is 12.5. The van der Waals surface area contributed by atoms with Crippen molar-refractivity contribution in [3.63, 3.8) is 0 Å². The monoisotopic (exact) mass is 369 g/mol. The molecule has 2 aromatic carbocycles. The molecule has 4 nitrogen and oxygen atoms in total. The molecule has 0 saturated carbocycles. The number of sulfonamides is 1. The fraction of sp³-hybridized carbons (Fsp3) is 0.200. The van der Waals surface area contributed by atoms with E-state index in [1.165, 1.54) is 13.2 Å². The molecule has 0 bridgehead atoms. The number of halogens is 1. The zero-order valence-electron chi connectivity index (χ0n) is 11.8. The van der Waals surface area contributed by atoms with Gasteiger partial charge < -0.3 is 4.74 Å². The second-order valence-electron chi connectivity index (χ2n) is 4.45. The fourth-order valence-electron chi connectivity index (χ4n) is 1.88. The van der Waals surface area contributed by atoms with E-state index >= 15 is 0 Å². The van der Waals surface area contributed by atoms with Crippen LogP contribution in [0.4, 0.5) is 5.69 Å². The summed E-state index contributed by atoms with van der Waals surface area (Å²) >= 11 is 3.27. The van der Waals surface area contributed by atoms with Crippen LogP contribution in [0.5, 0.6) is 5.75 Å². The molecule has 0 saturated heterocycles. The maximum atomic E-state index is 12.5. The van der Waals surface area contributed by atoms with Crippen LogP contribution in [0.1, 0.15) is 12.5 Å². The number of anilines is 1. The van der Waals surface area contributed by atoms with Gasteiger partial charge in [0.1, 0.15) is 10.6 Å². The van der Waals surface area contributed by atoms with Gasteiger partial charge in [0.05, 0.1) is 7.11 Å². The first-order valence-electron chi connectivity index (χ1n) is 6.41. The molecule has 21 heavy (non-hydrogen) atoms. The molecule has 0 heterocycles. The highest BCUT2D eigenvalue weighted by Gasteiger charge is 2.20. The van der Waals surface area contributed by atoms with Gasteiger partial charge in [-0.25, -0.2) is 8.42 Å². The molecule has 112 valence electrons. The van der Waals surface area contributed by atoms with E-state index < -0.39 is 10.0 Å². The molecule has 0 amide bonds. The number of methoxy groups -OCH3 is 1. The number of hydrogen-bond donors (Lipinski definition) is 1. The van der Waals surface area contributed by atoms with Crippen molar-refractivity contribution in [3.8, 4) is 5.75 Å². The van der Waals surface area contributed by atoms with Gasteiger partial charge in [-0.2, -0.15) is 0 Å². The van der Waals surface area contributed by atoms with E-state index in [0.717, 1.165) is 12.0 Å². The molecule has 0 radical (unpaired) electrons. The molecule has 0 spiro atoms. The Morgan fingerprint density at radius 3 is 2.38 bits per heavy atom. The minimum Gasteiger partial charge on any atom is -0.495 e. The summed E-state index contributed by atoms with van der Waals surface area (Å²) in [6, 6.07) is 12.2. The first kappa shape index (κ1) is 15.9. The summed E-state index contributed by atoms with van der Waals surface area (Å²) in [5.74, 6) is 0.302. The third-order valence-electron chi connectivity index (χ3n) is 3.03. The number of ether oxygens (including phenoxy) is 1. The van der Waals surface area contributed by atoms with Crippen molar-refractivity contribution in [2.45, 2.75) is 18.2 Å². The van der Waals surface area contributed by atoms with Gasteiger partial charge in [-0.3, -0.25) is 4.72 Å². The fourth-order valence-corrected chi connectivity index (χ4v) is 3.65. The Kier molecular flexibility index (Phi) is 4.90. The third kappa shape index (κ3) is 3.77. The largest absolute Gasteiger partial charge is 0.495 e. The SMILES string of the molecule is CCc1ccc(NS(=O)(=O)c2cc(Br)ccc2OC)cc1. The lowest BCUT2D eigenvalue weighted by Gasteiger charge is -2.12. The summed E-state index contributed by atoms with van der Waals surface area (Å²) in [6.07, 6.45) is 0.909. The van der Waals surface area contributed by atoms with Crippen LogP contribution in [-0.2, 0) is 16.4 Å². The van der Waals surface area contributed by atoms with Crippen LogP contribution in [0.15, 0.2) is 51.8 Å². The Balaban J connectivity index is 2.35. The van der Waals surface area contributed by atoms with Crippen molar-refractivity contribution in [1.29, 1.82) is 0 Å². The Morgan fingerprint density at radius 1 is 1.14 bits per heavy atom. The molecular weight excluding hydrogens is 354 g/mol. The number of aryl methyl sites for hydroxylation is 1. The lowest BCUT2D eigenvalue weighted by molar-refractivity contribution is 0.403. The normalized spacial score (nSPS) is 11.2. The van der Waals surface area contributed by atoms with Gasteiger partial charge in [-0.05, 0) is 42.3 Å². The second kappa shape index (κ2) is 6.49. The van der Waals surface area contributed by atoms with Gasteiger partial charge in [0.25, 0.3) is 10.0 Å². The topological polar surface area (TPSA) is 55.4 Å². The van der Waals surface area contributed by atoms with Crippen LogP contribution in [0, 0.1) is 0 Å². The molecule has 2 aromatic rings. The Bertz CT molecular complexity index is 727. The second-order valence-corrected chi connectivity index (χ2v) is 7.02. The minimum absolute atomic E-state index is 0.0962. The average molecular weight is 370 g/mol. The lowest BCUT2D eigenvalue weighted by Crippen LogP contribution is -2.14. The summed E-state index contributed by atoms with van der Waals surface area (Å²) in [5, 5.41) is 0. The van der Waals surface area contributed by atoms with E-state index in [4.69, 9.17) is 4.74 Å². The molecule has 2 rings (SSSR count). The first-order valence-corrected chi connectivity index (χ1v) is 8.69. The summed E-state index contributed by atoms with van der Waals surface area (Å²) in [6.45, 7) is 2.05. The quantitative estimate of drug-likeness (QED) is 0.871. The average Bonchev–Trinajstić information content (AvgIpc) is 2.47. The van der Waals surface area contributed by atoms with Gasteiger partial charge in [-0.15, -0.1) is 0 Å². The van der Waals surface area contributed by atoms with Gasteiger partial charge in [0.2, 0.25) is 0 Å². The van der Waals surface area contributed by atoms with Gasteiger partial charge in [0.15, 0.2) is 0 Å². The molecule has 0 aliphatic rings. The highest BCUT2D eigenvalue weighted by molar-refractivity contribution is 9.10. The Labute approximate surface area is 133 Å². The summed E-state index contributed by atoms with van der Waals surface area (Å²) in [5.41, 5.74) is 1.67. The van der Waals surface area contributed by atoms with Crippen LogP contribution >= 0.6 is 15.9 Å². The van der Waals surface area contributed by atoms with E-state index in [0.29, 0.717) is 15.9 Å². The molecule has 0 aromatic heterocycles. The maximum Gasteiger partial charge on any atom is 0.265 e. The van der Waals surface area contributed by atoms with Crippen molar-refractivity contribution < 1.29 is 13.2 Å². The van der Waals surface area contributed by atoms with Gasteiger partial charge in [-0.1, -0.05) is 35.0 Å². The summed E-state index contributed by atoms with van der Waals surface area (Å²) in [7, 11) is -2.26. The Hall–Kier alpha value is -1.53. The van der Waals surface area contributed by atoms with Gasteiger partial charge in [0, 0.05) is 10.2 Å². The molecule has 0 unspecified atom stereocenters. The van der Waals surface area contributed by atoms with Crippen molar-refractivity contribution in [2.24, 2.45) is 0 Å². The van der Waals surface area contributed by atoms with Crippen molar-refractivity contribution in [3.05, 3.63) is 52.5 Å². The predicted molar refractivity (Wildman–Crippen MR) is 87.3 cm³/mol. The summed E-state index contributed by atoms with van der Waals surface area (Å²) in [4.78, 5) is 0.0962. The van der Waals surface area contributed by atoms with E-state index in [-0.39, 0.29) is 4.90 Å². The van der Waals surface area contributed by atoms with Crippen molar-refractivity contribution in [1.82, 2.24) is 0 Å². The van der Waals surface area contributed by atoms with E-state index in [9.17, 15) is 8.42 Å². The molecule has 6 heteroatoms. The van der Waals surface area contributed by atoms with Crippen LogP contribution in [0.25, 0.3) is 0 Å². The van der Waals surface area contributed by atoms with Crippen LogP contribution < -0.4 is 9.46 Å². The highest BCUT2D eigenvalue weighted by Crippen LogP contribution is 2.28. The molecule has 0 aliphatic heterocycles. The standard InChI is InChI=1S/C15H16BrNO3S/c1-3-11-4-7-13(8-5-11)17-21(18,19)15-10-12(16)6-9-14(15)20-2/h4-10,17H,3H2,1-2H3. The zero-order valence-corrected chi connectivity index (χ0v) is 14.2. The lowest BCUT2D eigenvalue weighted by atomic mass is 10.2. The number of hydrogen-bond acceptors (Lipinski definition) is 3.